The van der Waals surface area contributed by atoms with Gasteiger partial charge in [0.15, 0.2) is 0 Å². The number of nitrogens with two attached hydrogens (primary N) is 1. The van der Waals surface area contributed by atoms with Crippen LogP contribution < -0.4 is 5.73 Å². The normalized spacial score (nSPS) is 23.2. The van der Waals surface area contributed by atoms with Crippen molar-refractivity contribution in [2.75, 3.05) is 12.3 Å². The molecule has 1 aliphatic heterocycles. The summed E-state index contributed by atoms with van der Waals surface area (Å²) in [6.07, 6.45) is 11.2. The average molecular weight is 284 g/mol. The van der Waals surface area contributed by atoms with Gasteiger partial charge in [-0.25, -0.2) is 0 Å². The topological polar surface area (TPSA) is 46.3 Å². The molecule has 21 heavy (non-hydrogen) atoms. The summed E-state index contributed by atoms with van der Waals surface area (Å²) < 4.78 is 0. The SMILES string of the molecule is Nc1cccc(/C=C/C(=O)N2CCCC2C2CCCC2)c1. The van der Waals surface area contributed by atoms with Crippen molar-refractivity contribution in [1.82, 2.24) is 4.90 Å². The summed E-state index contributed by atoms with van der Waals surface area (Å²) >= 11 is 0. The number of anilines is 1. The van der Waals surface area contributed by atoms with E-state index in [1.54, 1.807) is 6.08 Å². The summed E-state index contributed by atoms with van der Waals surface area (Å²) in [6, 6.07) is 8.11. The molecule has 3 rings (SSSR count). The molecule has 3 nitrogen and oxygen atoms in total. The maximum absolute atomic E-state index is 12.5. The number of carbonyl (C=O) groups excluding carboxylic acids is 1. The molecule has 2 N–H and O–H groups in total. The number of nitrogen functional groups attached to an aromatic ring is 1. The highest BCUT2D eigenvalue weighted by Gasteiger charge is 2.34. The Morgan fingerprint density at radius 1 is 1.19 bits per heavy atom. The Morgan fingerprint density at radius 2 is 2.00 bits per heavy atom. The molecule has 2 aliphatic rings. The van der Waals surface area contributed by atoms with Gasteiger partial charge in [-0.15, -0.1) is 0 Å². The monoisotopic (exact) mass is 284 g/mol. The van der Waals surface area contributed by atoms with Crippen LogP contribution in [0.4, 0.5) is 5.69 Å². The fraction of sp³-hybridized carbons (Fsp3) is 0.500. The summed E-state index contributed by atoms with van der Waals surface area (Å²) in [5.41, 5.74) is 7.48. The molecule has 1 aromatic carbocycles. The molecule has 1 heterocycles. The molecule has 1 saturated carbocycles. The molecular weight excluding hydrogens is 260 g/mol. The molecule has 1 unspecified atom stereocenters. The molecular formula is C18H24N2O. The Bertz CT molecular complexity index is 532. The maximum atomic E-state index is 12.5. The van der Waals surface area contributed by atoms with Crippen LogP contribution in [0.2, 0.25) is 0 Å². The van der Waals surface area contributed by atoms with Crippen LogP contribution in [0.15, 0.2) is 30.3 Å². The zero-order chi connectivity index (χ0) is 14.7. The van der Waals surface area contributed by atoms with E-state index in [0.717, 1.165) is 30.1 Å². The standard InChI is InChI=1S/C18H24N2O/c19-16-8-3-5-14(13-16)10-11-18(21)20-12-4-9-17(20)15-6-1-2-7-15/h3,5,8,10-11,13,15,17H,1-2,4,6-7,9,12,19H2/b11-10+. The first-order valence-corrected chi connectivity index (χ1v) is 8.08. The van der Waals surface area contributed by atoms with Gasteiger partial charge >= 0.3 is 0 Å². The molecule has 1 amide bonds. The lowest BCUT2D eigenvalue weighted by Gasteiger charge is -2.28. The van der Waals surface area contributed by atoms with E-state index < -0.39 is 0 Å². The molecule has 0 aromatic heterocycles. The van der Waals surface area contributed by atoms with Crippen molar-refractivity contribution >= 4 is 17.7 Å². The number of hydrogen-bond donors (Lipinski definition) is 1. The predicted molar refractivity (Wildman–Crippen MR) is 86.6 cm³/mol. The summed E-state index contributed by atoms with van der Waals surface area (Å²) in [6.45, 7) is 0.918. The first kappa shape index (κ1) is 14.2. The zero-order valence-corrected chi connectivity index (χ0v) is 12.5. The molecule has 2 fully saturated rings. The molecule has 1 saturated heterocycles. The summed E-state index contributed by atoms with van der Waals surface area (Å²) in [7, 11) is 0. The maximum Gasteiger partial charge on any atom is 0.246 e. The van der Waals surface area contributed by atoms with Crippen LogP contribution >= 0.6 is 0 Å². The van der Waals surface area contributed by atoms with Gasteiger partial charge in [0, 0.05) is 24.4 Å². The summed E-state index contributed by atoms with van der Waals surface area (Å²) in [5, 5.41) is 0. The van der Waals surface area contributed by atoms with E-state index in [0.29, 0.717) is 6.04 Å². The molecule has 0 bridgehead atoms. The minimum absolute atomic E-state index is 0.159. The largest absolute Gasteiger partial charge is 0.399 e. The van der Waals surface area contributed by atoms with Crippen molar-refractivity contribution < 1.29 is 4.79 Å². The zero-order valence-electron chi connectivity index (χ0n) is 12.5. The third kappa shape index (κ3) is 3.29. The van der Waals surface area contributed by atoms with Crippen molar-refractivity contribution in [3.05, 3.63) is 35.9 Å². The Balaban J connectivity index is 1.66. The van der Waals surface area contributed by atoms with Crippen molar-refractivity contribution in [3.8, 4) is 0 Å². The number of benzene rings is 1. The lowest BCUT2D eigenvalue weighted by molar-refractivity contribution is -0.127. The number of likely N-dealkylation sites (tertiary alicyclic amines) is 1. The van der Waals surface area contributed by atoms with E-state index in [1.165, 1.54) is 32.1 Å². The van der Waals surface area contributed by atoms with Gasteiger partial charge in [-0.1, -0.05) is 25.0 Å². The van der Waals surface area contributed by atoms with Crippen molar-refractivity contribution in [2.45, 2.75) is 44.6 Å². The average Bonchev–Trinajstić information content (AvgIpc) is 3.14. The predicted octanol–water partition coefficient (Wildman–Crippen LogP) is 3.46. The highest BCUT2D eigenvalue weighted by Crippen LogP contribution is 2.35. The van der Waals surface area contributed by atoms with Crippen LogP contribution in [0.5, 0.6) is 0 Å². The van der Waals surface area contributed by atoms with E-state index in [2.05, 4.69) is 4.90 Å². The van der Waals surface area contributed by atoms with E-state index in [9.17, 15) is 4.79 Å². The van der Waals surface area contributed by atoms with Gasteiger partial charge in [0.1, 0.15) is 0 Å². The van der Waals surface area contributed by atoms with Gasteiger partial charge < -0.3 is 10.6 Å². The van der Waals surface area contributed by atoms with Gasteiger partial charge in [-0.3, -0.25) is 4.79 Å². The van der Waals surface area contributed by atoms with Crippen LogP contribution in [0.25, 0.3) is 6.08 Å². The molecule has 0 radical (unpaired) electrons. The van der Waals surface area contributed by atoms with Crippen molar-refractivity contribution in [1.29, 1.82) is 0 Å². The van der Waals surface area contributed by atoms with Crippen LogP contribution in [-0.4, -0.2) is 23.4 Å². The Hall–Kier alpha value is -1.77. The van der Waals surface area contributed by atoms with Crippen LogP contribution in [0.1, 0.15) is 44.1 Å². The number of hydrogen-bond acceptors (Lipinski definition) is 2. The highest BCUT2D eigenvalue weighted by molar-refractivity contribution is 5.92. The third-order valence-corrected chi connectivity index (χ3v) is 4.86. The molecule has 1 aliphatic carbocycles. The number of carbonyl (C=O) groups is 1. The van der Waals surface area contributed by atoms with E-state index >= 15 is 0 Å². The van der Waals surface area contributed by atoms with E-state index in [-0.39, 0.29) is 5.91 Å². The minimum Gasteiger partial charge on any atom is -0.399 e. The fourth-order valence-electron chi connectivity index (χ4n) is 3.82. The van der Waals surface area contributed by atoms with Crippen molar-refractivity contribution in [3.63, 3.8) is 0 Å². The van der Waals surface area contributed by atoms with Crippen LogP contribution in [0.3, 0.4) is 0 Å². The molecule has 0 spiro atoms. The molecule has 3 heteroatoms. The lowest BCUT2D eigenvalue weighted by atomic mass is 9.96. The molecule has 1 atom stereocenters. The first-order valence-electron chi connectivity index (χ1n) is 8.08. The van der Waals surface area contributed by atoms with Crippen LogP contribution in [-0.2, 0) is 4.79 Å². The minimum atomic E-state index is 0.159. The van der Waals surface area contributed by atoms with Gasteiger partial charge in [0.25, 0.3) is 0 Å². The smallest absolute Gasteiger partial charge is 0.246 e. The van der Waals surface area contributed by atoms with Crippen molar-refractivity contribution in [2.24, 2.45) is 5.92 Å². The van der Waals surface area contributed by atoms with E-state index in [1.807, 2.05) is 30.3 Å². The van der Waals surface area contributed by atoms with Crippen LogP contribution in [0, 0.1) is 5.92 Å². The molecule has 1 aromatic rings. The third-order valence-electron chi connectivity index (χ3n) is 4.86. The van der Waals surface area contributed by atoms with E-state index in [4.69, 9.17) is 5.73 Å². The Kier molecular flexibility index (Phi) is 4.28. The van der Waals surface area contributed by atoms with Gasteiger partial charge in [-0.2, -0.15) is 0 Å². The highest BCUT2D eigenvalue weighted by atomic mass is 16.2. The second-order valence-corrected chi connectivity index (χ2v) is 6.29. The van der Waals surface area contributed by atoms with Gasteiger partial charge in [0.05, 0.1) is 0 Å². The number of amides is 1. The Morgan fingerprint density at radius 3 is 2.76 bits per heavy atom. The summed E-state index contributed by atoms with van der Waals surface area (Å²) in [5.74, 6) is 0.893. The number of nitrogens with zero attached hydrogens (tertiary/aromatic N) is 1. The van der Waals surface area contributed by atoms with Gasteiger partial charge in [-0.05, 0) is 55.4 Å². The second kappa shape index (κ2) is 6.33. The fourth-order valence-corrected chi connectivity index (χ4v) is 3.82. The first-order chi connectivity index (χ1) is 10.2. The van der Waals surface area contributed by atoms with Gasteiger partial charge in [0.2, 0.25) is 5.91 Å². The second-order valence-electron chi connectivity index (χ2n) is 6.29. The number of rotatable bonds is 3. The lowest BCUT2D eigenvalue weighted by Crippen LogP contribution is -2.38. The quantitative estimate of drug-likeness (QED) is 0.682. The summed E-state index contributed by atoms with van der Waals surface area (Å²) in [4.78, 5) is 14.6. The Labute approximate surface area is 126 Å². The molecule has 112 valence electrons.